The van der Waals surface area contributed by atoms with Crippen molar-refractivity contribution in [2.75, 3.05) is 13.1 Å². The van der Waals surface area contributed by atoms with Gasteiger partial charge in [0.25, 0.3) is 5.56 Å². The largest absolute Gasteiger partial charge is 0.330 e. The summed E-state index contributed by atoms with van der Waals surface area (Å²) in [5.74, 6) is 0. The number of likely N-dealkylation sites (tertiary alicyclic amines) is 1. The van der Waals surface area contributed by atoms with Crippen LogP contribution < -0.4 is 11.2 Å². The maximum atomic E-state index is 11.9. The van der Waals surface area contributed by atoms with E-state index < -0.39 is 0 Å². The van der Waals surface area contributed by atoms with Gasteiger partial charge in [0.1, 0.15) is 0 Å². The van der Waals surface area contributed by atoms with Gasteiger partial charge in [-0.3, -0.25) is 23.5 Å². The van der Waals surface area contributed by atoms with E-state index >= 15 is 0 Å². The molecule has 112 valence electrons. The maximum absolute atomic E-state index is 11.9. The molecular weight excluding hydrogens is 270 g/mol. The zero-order chi connectivity index (χ0) is 15.1. The third-order valence-corrected chi connectivity index (χ3v) is 4.05. The van der Waals surface area contributed by atoms with Gasteiger partial charge in [-0.15, -0.1) is 0 Å². The summed E-state index contributed by atoms with van der Waals surface area (Å²) < 4.78 is 4.64. The minimum Gasteiger partial charge on any atom is -0.299 e. The first-order chi connectivity index (χ1) is 9.95. The molecule has 3 heterocycles. The van der Waals surface area contributed by atoms with E-state index in [9.17, 15) is 9.59 Å². The summed E-state index contributed by atoms with van der Waals surface area (Å²) in [5.41, 5.74) is 1.37. The van der Waals surface area contributed by atoms with Gasteiger partial charge in [-0.1, -0.05) is 0 Å². The second kappa shape index (κ2) is 5.00. The molecule has 0 unspecified atom stereocenters. The quantitative estimate of drug-likeness (QED) is 0.774. The molecule has 0 bridgehead atoms. The summed E-state index contributed by atoms with van der Waals surface area (Å²) in [6.45, 7) is 4.39. The Balaban J connectivity index is 1.70. The molecule has 0 radical (unpaired) electrons. The highest BCUT2D eigenvalue weighted by Gasteiger charge is 2.29. The Kier molecular flexibility index (Phi) is 3.29. The van der Waals surface area contributed by atoms with Crippen molar-refractivity contribution in [3.05, 3.63) is 50.6 Å². The summed E-state index contributed by atoms with van der Waals surface area (Å²) in [7, 11) is 3.19. The molecule has 21 heavy (non-hydrogen) atoms. The van der Waals surface area contributed by atoms with E-state index in [1.165, 1.54) is 17.7 Å². The summed E-state index contributed by atoms with van der Waals surface area (Å²) in [6.07, 6.45) is 3.89. The molecule has 1 saturated heterocycles. The fourth-order valence-corrected chi connectivity index (χ4v) is 2.63. The third-order valence-electron chi connectivity index (χ3n) is 4.05. The van der Waals surface area contributed by atoms with Gasteiger partial charge >= 0.3 is 5.69 Å². The predicted octanol–water partition coefficient (Wildman–Crippen LogP) is -0.354. The molecule has 1 aliphatic rings. The molecule has 0 saturated carbocycles. The first-order valence-corrected chi connectivity index (χ1v) is 6.95. The van der Waals surface area contributed by atoms with Gasteiger partial charge in [-0.25, -0.2) is 4.79 Å². The SMILES string of the molecule is Cc1cnn(C2CN(Cc3cc(=O)n(C)c(=O)n3C)C2)c1. The molecule has 0 aromatic carbocycles. The first-order valence-electron chi connectivity index (χ1n) is 6.95. The molecular formula is C14H19N5O2. The van der Waals surface area contributed by atoms with Crippen LogP contribution in [0, 0.1) is 6.92 Å². The molecule has 0 aliphatic carbocycles. The van der Waals surface area contributed by atoms with E-state index in [1.807, 2.05) is 24.0 Å². The highest BCUT2D eigenvalue weighted by atomic mass is 16.2. The molecule has 7 heteroatoms. The van der Waals surface area contributed by atoms with Crippen molar-refractivity contribution in [3.8, 4) is 0 Å². The van der Waals surface area contributed by atoms with Crippen LogP contribution in [0.5, 0.6) is 0 Å². The van der Waals surface area contributed by atoms with Crippen molar-refractivity contribution < 1.29 is 0 Å². The van der Waals surface area contributed by atoms with E-state index in [-0.39, 0.29) is 11.2 Å². The molecule has 7 nitrogen and oxygen atoms in total. The van der Waals surface area contributed by atoms with Gasteiger partial charge in [0.2, 0.25) is 0 Å². The van der Waals surface area contributed by atoms with E-state index in [0.717, 1.165) is 28.9 Å². The summed E-state index contributed by atoms with van der Waals surface area (Å²) >= 11 is 0. The predicted molar refractivity (Wildman–Crippen MR) is 78.2 cm³/mol. The van der Waals surface area contributed by atoms with Crippen LogP contribution in [-0.2, 0) is 20.6 Å². The minimum atomic E-state index is -0.280. The van der Waals surface area contributed by atoms with Gasteiger partial charge < -0.3 is 0 Å². The Morgan fingerprint density at radius 2 is 1.95 bits per heavy atom. The molecule has 0 amide bonds. The van der Waals surface area contributed by atoms with E-state index in [2.05, 4.69) is 10.00 Å². The monoisotopic (exact) mass is 289 g/mol. The number of nitrogens with zero attached hydrogens (tertiary/aromatic N) is 5. The molecule has 1 aliphatic heterocycles. The normalized spacial score (nSPS) is 16.1. The zero-order valence-electron chi connectivity index (χ0n) is 12.5. The molecule has 1 fully saturated rings. The molecule has 3 rings (SSSR count). The average Bonchev–Trinajstić information content (AvgIpc) is 2.82. The highest BCUT2D eigenvalue weighted by molar-refractivity contribution is 5.05. The van der Waals surface area contributed by atoms with Crippen molar-refractivity contribution in [2.24, 2.45) is 14.1 Å². The lowest BCUT2D eigenvalue weighted by Gasteiger charge is -2.39. The minimum absolute atomic E-state index is 0.257. The lowest BCUT2D eigenvalue weighted by Crippen LogP contribution is -2.48. The molecule has 0 spiro atoms. The fraction of sp³-hybridized carbons (Fsp3) is 0.500. The second-order valence-electron chi connectivity index (χ2n) is 5.72. The molecule has 2 aromatic heterocycles. The smallest absolute Gasteiger partial charge is 0.299 e. The van der Waals surface area contributed by atoms with Crippen LogP contribution in [0.1, 0.15) is 17.3 Å². The van der Waals surface area contributed by atoms with Crippen molar-refractivity contribution in [2.45, 2.75) is 19.5 Å². The van der Waals surface area contributed by atoms with Crippen LogP contribution in [0.3, 0.4) is 0 Å². The highest BCUT2D eigenvalue weighted by Crippen LogP contribution is 2.22. The lowest BCUT2D eigenvalue weighted by molar-refractivity contribution is 0.0880. The Morgan fingerprint density at radius 3 is 2.57 bits per heavy atom. The fourth-order valence-electron chi connectivity index (χ4n) is 2.63. The number of rotatable bonds is 3. The number of hydrogen-bond donors (Lipinski definition) is 0. The van der Waals surface area contributed by atoms with Crippen LogP contribution in [0.15, 0.2) is 28.0 Å². The van der Waals surface area contributed by atoms with Crippen molar-refractivity contribution in [1.29, 1.82) is 0 Å². The van der Waals surface area contributed by atoms with E-state index in [1.54, 1.807) is 7.05 Å². The van der Waals surface area contributed by atoms with Gasteiger partial charge in [0.15, 0.2) is 0 Å². The van der Waals surface area contributed by atoms with Crippen LogP contribution in [0.2, 0.25) is 0 Å². The maximum Gasteiger partial charge on any atom is 0.330 e. The van der Waals surface area contributed by atoms with Crippen LogP contribution >= 0.6 is 0 Å². The summed E-state index contributed by atoms with van der Waals surface area (Å²) in [6, 6.07) is 1.91. The average molecular weight is 289 g/mol. The second-order valence-corrected chi connectivity index (χ2v) is 5.72. The van der Waals surface area contributed by atoms with Gasteiger partial charge in [-0.2, -0.15) is 5.10 Å². The van der Waals surface area contributed by atoms with Gasteiger partial charge in [0, 0.05) is 51.7 Å². The van der Waals surface area contributed by atoms with Crippen LogP contribution in [-0.4, -0.2) is 36.9 Å². The summed E-state index contributed by atoms with van der Waals surface area (Å²) in [5, 5.41) is 4.32. The van der Waals surface area contributed by atoms with E-state index in [0.29, 0.717) is 12.6 Å². The topological polar surface area (TPSA) is 65.1 Å². The van der Waals surface area contributed by atoms with Crippen molar-refractivity contribution in [1.82, 2.24) is 23.8 Å². The van der Waals surface area contributed by atoms with E-state index in [4.69, 9.17) is 0 Å². The molecule has 0 atom stereocenters. The van der Waals surface area contributed by atoms with Gasteiger partial charge in [0.05, 0.1) is 12.2 Å². The third kappa shape index (κ3) is 2.44. The standard InChI is InChI=1S/C14H19N5O2/c1-10-5-15-19(6-10)12-8-18(9-12)7-11-4-13(20)17(3)14(21)16(11)2/h4-6,12H,7-9H2,1-3H3. The lowest BCUT2D eigenvalue weighted by atomic mass is 10.1. The Hall–Kier alpha value is -2.15. The Labute approximate surface area is 122 Å². The zero-order valence-corrected chi connectivity index (χ0v) is 12.5. The van der Waals surface area contributed by atoms with Gasteiger partial charge in [-0.05, 0) is 12.5 Å². The first kappa shape index (κ1) is 13.8. The molecule has 0 N–H and O–H groups in total. The van der Waals surface area contributed by atoms with Crippen molar-refractivity contribution >= 4 is 0 Å². The number of aryl methyl sites for hydroxylation is 1. The van der Waals surface area contributed by atoms with Crippen molar-refractivity contribution in [3.63, 3.8) is 0 Å². The van der Waals surface area contributed by atoms with Crippen LogP contribution in [0.25, 0.3) is 0 Å². The Bertz CT molecular complexity index is 779. The number of hydrogen-bond acceptors (Lipinski definition) is 4. The number of aromatic nitrogens is 4. The molecule has 2 aromatic rings. The Morgan fingerprint density at radius 1 is 1.24 bits per heavy atom. The van der Waals surface area contributed by atoms with Crippen LogP contribution in [0.4, 0.5) is 0 Å². The summed E-state index contributed by atoms with van der Waals surface area (Å²) in [4.78, 5) is 25.8.